The molecule has 2 N–H and O–H groups in total. The van der Waals surface area contributed by atoms with Crippen LogP contribution in [0.1, 0.15) is 24.1 Å². The molecule has 1 aliphatic rings. The van der Waals surface area contributed by atoms with Crippen LogP contribution in [0.15, 0.2) is 23.1 Å². The number of fused-ring (bicyclic) bond motifs is 1. The molecule has 122 valence electrons. The Morgan fingerprint density at radius 2 is 1.86 bits per heavy atom. The van der Waals surface area contributed by atoms with Gasteiger partial charge in [-0.3, -0.25) is 0 Å². The number of H-pyrrole nitrogens is 1. The molecule has 0 radical (unpaired) electrons. The molecule has 0 unspecified atom stereocenters. The third-order valence-corrected chi connectivity index (χ3v) is 5.39. The second-order valence-electron chi connectivity index (χ2n) is 5.40. The molecule has 0 saturated carbocycles. The van der Waals surface area contributed by atoms with Gasteiger partial charge in [0.25, 0.3) is 0 Å². The van der Waals surface area contributed by atoms with E-state index < -0.39 is 11.7 Å². The average Bonchev–Trinajstić information content (AvgIpc) is 2.75. The fourth-order valence-corrected chi connectivity index (χ4v) is 4.04. The van der Waals surface area contributed by atoms with Crippen LogP contribution in [0, 0.1) is 6.92 Å². The molecule has 1 aliphatic heterocycles. The van der Waals surface area contributed by atoms with Crippen molar-refractivity contribution >= 4 is 35.1 Å². The number of aromatic amines is 1. The van der Waals surface area contributed by atoms with Crippen molar-refractivity contribution < 1.29 is 13.2 Å². The minimum atomic E-state index is -4.30. The Bertz CT molecular complexity index is 648. The van der Waals surface area contributed by atoms with Crippen molar-refractivity contribution in [3.05, 3.63) is 29.5 Å². The summed E-state index contributed by atoms with van der Waals surface area (Å²) >= 11 is 1.71. The number of rotatable bonds is 2. The van der Waals surface area contributed by atoms with Gasteiger partial charge in [-0.25, -0.2) is 0 Å². The quantitative estimate of drug-likeness (QED) is 0.817. The molecule has 1 aromatic heterocycles. The molecule has 0 amide bonds. The molecule has 0 aliphatic carbocycles. The van der Waals surface area contributed by atoms with Crippen LogP contribution in [0.2, 0.25) is 0 Å². The summed E-state index contributed by atoms with van der Waals surface area (Å²) in [5, 5.41) is 4.46. The van der Waals surface area contributed by atoms with Crippen molar-refractivity contribution in [2.45, 2.75) is 36.1 Å². The highest BCUT2D eigenvalue weighted by molar-refractivity contribution is 8.00. The summed E-state index contributed by atoms with van der Waals surface area (Å²) in [4.78, 5) is 4.15. The highest BCUT2D eigenvalue weighted by atomic mass is 35.5. The van der Waals surface area contributed by atoms with Crippen LogP contribution in [0.25, 0.3) is 10.9 Å². The average molecular weight is 351 g/mol. The van der Waals surface area contributed by atoms with Gasteiger partial charge < -0.3 is 10.3 Å². The van der Waals surface area contributed by atoms with Gasteiger partial charge in [0.15, 0.2) is 0 Å². The summed E-state index contributed by atoms with van der Waals surface area (Å²) in [5.41, 5.74) is 1.14. The van der Waals surface area contributed by atoms with E-state index in [0.717, 1.165) is 48.1 Å². The largest absolute Gasteiger partial charge is 0.416 e. The van der Waals surface area contributed by atoms with Crippen molar-refractivity contribution in [2.75, 3.05) is 13.1 Å². The number of alkyl halides is 3. The smallest absolute Gasteiger partial charge is 0.358 e. The number of aryl methyl sites for hydroxylation is 1. The second kappa shape index (κ2) is 6.72. The number of benzene rings is 1. The lowest BCUT2D eigenvalue weighted by molar-refractivity contribution is -0.137. The molecular weight excluding hydrogens is 333 g/mol. The summed E-state index contributed by atoms with van der Waals surface area (Å²) < 4.78 is 38.7. The van der Waals surface area contributed by atoms with E-state index in [-0.39, 0.29) is 12.4 Å². The van der Waals surface area contributed by atoms with E-state index >= 15 is 0 Å². The van der Waals surface area contributed by atoms with Gasteiger partial charge in [0.05, 0.1) is 5.56 Å². The minimum Gasteiger partial charge on any atom is -0.358 e. The fourth-order valence-electron chi connectivity index (χ4n) is 2.71. The summed E-state index contributed by atoms with van der Waals surface area (Å²) in [6.07, 6.45) is -2.19. The molecule has 7 heteroatoms. The first-order valence-corrected chi connectivity index (χ1v) is 7.90. The Morgan fingerprint density at radius 1 is 1.18 bits per heavy atom. The number of hydrogen-bond acceptors (Lipinski definition) is 2. The van der Waals surface area contributed by atoms with Gasteiger partial charge in [-0.2, -0.15) is 13.2 Å². The van der Waals surface area contributed by atoms with Gasteiger partial charge in [0.2, 0.25) is 0 Å². The molecule has 22 heavy (non-hydrogen) atoms. The number of halogens is 4. The van der Waals surface area contributed by atoms with E-state index in [0.29, 0.717) is 10.6 Å². The minimum absolute atomic E-state index is 0. The third-order valence-electron chi connectivity index (χ3n) is 3.82. The molecule has 0 bridgehead atoms. The second-order valence-corrected chi connectivity index (χ2v) is 6.72. The lowest BCUT2D eigenvalue weighted by atomic mass is 10.1. The molecule has 3 rings (SSSR count). The molecule has 2 nitrogen and oxygen atoms in total. The van der Waals surface area contributed by atoms with Gasteiger partial charge >= 0.3 is 6.18 Å². The third kappa shape index (κ3) is 3.55. The standard InChI is InChI=1S/C15H17F3N2S.ClH/c1-9-14(21-11-4-6-19-7-5-11)12-8-10(15(16,17)18)2-3-13(12)20-9;/h2-3,8,11,19-20H,4-7H2,1H3;1H. The van der Waals surface area contributed by atoms with E-state index in [2.05, 4.69) is 10.3 Å². The molecule has 1 aromatic carbocycles. The van der Waals surface area contributed by atoms with Gasteiger partial charge in [-0.15, -0.1) is 24.2 Å². The summed E-state index contributed by atoms with van der Waals surface area (Å²) in [7, 11) is 0. The zero-order chi connectivity index (χ0) is 15.0. The Hall–Kier alpha value is -0.850. The summed E-state index contributed by atoms with van der Waals surface area (Å²) in [6.45, 7) is 3.89. The van der Waals surface area contributed by atoms with Crippen LogP contribution < -0.4 is 5.32 Å². The Morgan fingerprint density at radius 3 is 2.50 bits per heavy atom. The van der Waals surface area contributed by atoms with Crippen LogP contribution >= 0.6 is 24.2 Å². The fraction of sp³-hybridized carbons (Fsp3) is 0.467. The van der Waals surface area contributed by atoms with Crippen LogP contribution in [-0.4, -0.2) is 23.3 Å². The predicted molar refractivity (Wildman–Crippen MR) is 87.0 cm³/mol. The van der Waals surface area contributed by atoms with E-state index in [1.54, 1.807) is 11.8 Å². The van der Waals surface area contributed by atoms with Crippen molar-refractivity contribution in [1.29, 1.82) is 0 Å². The highest BCUT2D eigenvalue weighted by Crippen LogP contribution is 2.39. The number of aromatic nitrogens is 1. The maximum atomic E-state index is 12.9. The molecule has 2 aromatic rings. The first-order chi connectivity index (χ1) is 9.95. The lowest BCUT2D eigenvalue weighted by Gasteiger charge is -2.22. The number of thioether (sulfide) groups is 1. The monoisotopic (exact) mass is 350 g/mol. The van der Waals surface area contributed by atoms with Crippen molar-refractivity contribution in [1.82, 2.24) is 10.3 Å². The van der Waals surface area contributed by atoms with Crippen LogP contribution in [-0.2, 0) is 6.18 Å². The van der Waals surface area contributed by atoms with Crippen LogP contribution in [0.3, 0.4) is 0 Å². The summed E-state index contributed by atoms with van der Waals surface area (Å²) in [5.74, 6) is 0. The normalized spacial score (nSPS) is 16.7. The number of hydrogen-bond donors (Lipinski definition) is 2. The first-order valence-electron chi connectivity index (χ1n) is 7.02. The Balaban J connectivity index is 0.00000176. The SMILES string of the molecule is Cc1[nH]c2ccc(C(F)(F)F)cc2c1SC1CCNCC1.Cl. The molecule has 0 spiro atoms. The van der Waals surface area contributed by atoms with E-state index in [4.69, 9.17) is 0 Å². The molecule has 1 saturated heterocycles. The van der Waals surface area contributed by atoms with Crippen molar-refractivity contribution in [3.63, 3.8) is 0 Å². The maximum absolute atomic E-state index is 12.9. The first kappa shape index (κ1) is 17.5. The zero-order valence-electron chi connectivity index (χ0n) is 12.1. The van der Waals surface area contributed by atoms with Gasteiger partial charge in [0, 0.05) is 26.7 Å². The number of piperidine rings is 1. The topological polar surface area (TPSA) is 27.8 Å². The molecular formula is C15H18ClF3N2S. The van der Waals surface area contributed by atoms with Crippen LogP contribution in [0.5, 0.6) is 0 Å². The van der Waals surface area contributed by atoms with E-state index in [1.807, 2.05) is 6.92 Å². The summed E-state index contributed by atoms with van der Waals surface area (Å²) in [6, 6.07) is 3.93. The maximum Gasteiger partial charge on any atom is 0.416 e. The number of nitrogens with one attached hydrogen (secondary N) is 2. The van der Waals surface area contributed by atoms with E-state index in [9.17, 15) is 13.2 Å². The van der Waals surface area contributed by atoms with Gasteiger partial charge in [-0.1, -0.05) is 0 Å². The lowest BCUT2D eigenvalue weighted by Crippen LogP contribution is -2.29. The van der Waals surface area contributed by atoms with Crippen molar-refractivity contribution in [2.24, 2.45) is 0 Å². The highest BCUT2D eigenvalue weighted by Gasteiger charge is 2.31. The molecule has 2 heterocycles. The van der Waals surface area contributed by atoms with Gasteiger partial charge in [0.1, 0.15) is 0 Å². The van der Waals surface area contributed by atoms with Crippen molar-refractivity contribution in [3.8, 4) is 0 Å². The zero-order valence-corrected chi connectivity index (χ0v) is 13.7. The van der Waals surface area contributed by atoms with E-state index in [1.165, 1.54) is 12.1 Å². The Kier molecular flexibility index (Phi) is 5.35. The van der Waals surface area contributed by atoms with Gasteiger partial charge in [-0.05, 0) is 51.1 Å². The Labute approximate surface area is 137 Å². The predicted octanol–water partition coefficient (Wildman–Crippen LogP) is 4.76. The molecule has 1 fully saturated rings. The molecule has 0 atom stereocenters. The van der Waals surface area contributed by atoms with Crippen LogP contribution in [0.4, 0.5) is 13.2 Å².